The second kappa shape index (κ2) is 7.90. The zero-order chi connectivity index (χ0) is 18.7. The van der Waals surface area contributed by atoms with Gasteiger partial charge in [0.25, 0.3) is 0 Å². The molecule has 1 amide bonds. The molecule has 0 aliphatic carbocycles. The first kappa shape index (κ1) is 19.3. The lowest BCUT2D eigenvalue weighted by Gasteiger charge is -2.13. The predicted octanol–water partition coefficient (Wildman–Crippen LogP) is 4.88. The van der Waals surface area contributed by atoms with Gasteiger partial charge in [0.05, 0.1) is 22.0 Å². The summed E-state index contributed by atoms with van der Waals surface area (Å²) in [5.74, 6) is 0.0468. The van der Waals surface area contributed by atoms with Gasteiger partial charge in [-0.25, -0.2) is 4.98 Å². The molecule has 0 bridgehead atoms. The van der Waals surface area contributed by atoms with Gasteiger partial charge in [0, 0.05) is 5.69 Å². The van der Waals surface area contributed by atoms with Crippen LogP contribution in [0.1, 0.15) is 33.5 Å². The molecule has 1 N–H and O–H groups in total. The molecule has 0 unspecified atom stereocenters. The number of hydrogen-bond donors (Lipinski definition) is 1. The van der Waals surface area contributed by atoms with Crippen molar-refractivity contribution in [2.45, 2.75) is 39.6 Å². The van der Waals surface area contributed by atoms with Crippen molar-refractivity contribution >= 4 is 35.0 Å². The topological polar surface area (TPSA) is 65.8 Å². The minimum Gasteiger partial charge on any atom is -0.325 e. The highest BCUT2D eigenvalue weighted by Crippen LogP contribution is 2.30. The summed E-state index contributed by atoms with van der Waals surface area (Å²) >= 11 is 7.40. The number of nitrogens with one attached hydrogen (secondary N) is 1. The molecule has 0 aliphatic heterocycles. The minimum absolute atomic E-state index is 0.129. The number of anilines is 1. The number of carbonyl (C=O) groups excluding carboxylic acids is 1. The second-order valence-corrected chi connectivity index (χ2v) is 7.38. The van der Waals surface area contributed by atoms with E-state index in [1.165, 1.54) is 11.8 Å². The van der Waals surface area contributed by atoms with Gasteiger partial charge in [0.2, 0.25) is 5.91 Å². The van der Waals surface area contributed by atoms with E-state index in [0.717, 1.165) is 22.4 Å². The third kappa shape index (κ3) is 4.33. The van der Waals surface area contributed by atoms with Gasteiger partial charge in [0.1, 0.15) is 11.1 Å². The summed E-state index contributed by atoms with van der Waals surface area (Å²) < 4.78 is 0. The molecule has 2 aromatic rings. The first-order valence-electron chi connectivity index (χ1n) is 7.81. The Hall–Kier alpha value is -2.03. The maximum atomic E-state index is 12.3. The molecular weight excluding hydrogens is 354 g/mol. The van der Waals surface area contributed by atoms with Crippen LogP contribution in [0.4, 0.5) is 5.69 Å². The van der Waals surface area contributed by atoms with Crippen molar-refractivity contribution in [1.82, 2.24) is 4.98 Å². The molecule has 2 rings (SSSR count). The Morgan fingerprint density at radius 1 is 1.24 bits per heavy atom. The van der Waals surface area contributed by atoms with Crippen LogP contribution in [-0.4, -0.2) is 16.6 Å². The average molecular weight is 374 g/mol. The summed E-state index contributed by atoms with van der Waals surface area (Å²) in [6, 6.07) is 6.21. The van der Waals surface area contributed by atoms with Crippen LogP contribution < -0.4 is 5.32 Å². The van der Waals surface area contributed by atoms with Crippen LogP contribution in [-0.2, 0) is 4.79 Å². The Bertz CT molecular complexity index is 864. The third-order valence-corrected chi connectivity index (χ3v) is 5.43. The van der Waals surface area contributed by atoms with Crippen molar-refractivity contribution < 1.29 is 4.79 Å². The summed E-state index contributed by atoms with van der Waals surface area (Å²) in [6.45, 7) is 9.56. The van der Waals surface area contributed by atoms with E-state index in [4.69, 9.17) is 11.6 Å². The largest absolute Gasteiger partial charge is 0.325 e. The number of amides is 1. The average Bonchev–Trinajstić information content (AvgIpc) is 2.54. The summed E-state index contributed by atoms with van der Waals surface area (Å²) in [7, 11) is 0. The molecule has 0 spiro atoms. The quantitative estimate of drug-likeness (QED) is 0.775. The molecule has 0 aliphatic rings. The van der Waals surface area contributed by atoms with Crippen LogP contribution in [0.5, 0.6) is 0 Å². The van der Waals surface area contributed by atoms with E-state index in [0.29, 0.717) is 26.9 Å². The number of carbonyl (C=O) groups is 1. The third-order valence-electron chi connectivity index (χ3n) is 3.90. The van der Waals surface area contributed by atoms with Gasteiger partial charge in [-0.15, -0.1) is 0 Å². The van der Waals surface area contributed by atoms with Gasteiger partial charge in [-0.05, 0) is 51.3 Å². The number of pyridine rings is 1. The molecular formula is C19H20ClN3OS. The lowest BCUT2D eigenvalue weighted by Crippen LogP contribution is -2.16. The first-order chi connectivity index (χ1) is 11.7. The zero-order valence-corrected chi connectivity index (χ0v) is 16.5. The molecule has 25 heavy (non-hydrogen) atoms. The lowest BCUT2D eigenvalue weighted by atomic mass is 10.1. The predicted molar refractivity (Wildman–Crippen MR) is 103 cm³/mol. The van der Waals surface area contributed by atoms with Crippen LogP contribution >= 0.6 is 23.4 Å². The van der Waals surface area contributed by atoms with Crippen LogP contribution in [0.2, 0.25) is 5.02 Å². The van der Waals surface area contributed by atoms with E-state index in [1.807, 2.05) is 32.9 Å². The number of aryl methyl sites for hydroxylation is 4. The monoisotopic (exact) mass is 373 g/mol. The Kier molecular flexibility index (Phi) is 6.10. The van der Waals surface area contributed by atoms with Crippen molar-refractivity contribution in [2.24, 2.45) is 0 Å². The molecule has 0 fully saturated rings. The van der Waals surface area contributed by atoms with Crippen molar-refractivity contribution in [3.63, 3.8) is 0 Å². The number of aromatic nitrogens is 1. The normalized spacial score (nSPS) is 10.4. The molecule has 1 heterocycles. The SMILES string of the molecule is Cc1cc(C)c(NC(=O)CSc2nc(C)c(Cl)c(C)c2C#N)c(C)c1. The van der Waals surface area contributed by atoms with Gasteiger partial charge in [-0.3, -0.25) is 4.79 Å². The molecule has 0 saturated heterocycles. The van der Waals surface area contributed by atoms with E-state index in [9.17, 15) is 10.1 Å². The van der Waals surface area contributed by atoms with Crippen LogP contribution in [0.15, 0.2) is 17.2 Å². The Labute approximate surface area is 157 Å². The Balaban J connectivity index is 2.15. The summed E-state index contributed by atoms with van der Waals surface area (Å²) in [5, 5.41) is 13.3. The van der Waals surface area contributed by atoms with Crippen molar-refractivity contribution in [3.8, 4) is 6.07 Å². The zero-order valence-electron chi connectivity index (χ0n) is 15.0. The minimum atomic E-state index is -0.129. The maximum absolute atomic E-state index is 12.3. The fourth-order valence-corrected chi connectivity index (χ4v) is 3.74. The summed E-state index contributed by atoms with van der Waals surface area (Å²) in [4.78, 5) is 16.7. The van der Waals surface area contributed by atoms with E-state index in [1.54, 1.807) is 13.8 Å². The number of benzene rings is 1. The van der Waals surface area contributed by atoms with Gasteiger partial charge >= 0.3 is 0 Å². The molecule has 0 saturated carbocycles. The number of thioether (sulfide) groups is 1. The fraction of sp³-hybridized carbons (Fsp3) is 0.316. The van der Waals surface area contributed by atoms with Crippen molar-refractivity contribution in [1.29, 1.82) is 5.26 Å². The van der Waals surface area contributed by atoms with E-state index < -0.39 is 0 Å². The van der Waals surface area contributed by atoms with E-state index in [-0.39, 0.29) is 11.7 Å². The highest BCUT2D eigenvalue weighted by Gasteiger charge is 2.16. The smallest absolute Gasteiger partial charge is 0.234 e. The Morgan fingerprint density at radius 3 is 2.40 bits per heavy atom. The summed E-state index contributed by atoms with van der Waals surface area (Å²) in [5.41, 5.74) is 5.85. The maximum Gasteiger partial charge on any atom is 0.234 e. The molecule has 0 atom stereocenters. The van der Waals surface area contributed by atoms with Gasteiger partial charge in [-0.1, -0.05) is 41.1 Å². The molecule has 0 radical (unpaired) electrons. The molecule has 4 nitrogen and oxygen atoms in total. The first-order valence-corrected chi connectivity index (χ1v) is 9.18. The highest BCUT2D eigenvalue weighted by molar-refractivity contribution is 8.00. The fourth-order valence-electron chi connectivity index (χ4n) is 2.72. The second-order valence-electron chi connectivity index (χ2n) is 6.04. The van der Waals surface area contributed by atoms with E-state index >= 15 is 0 Å². The number of halogens is 1. The van der Waals surface area contributed by atoms with Gasteiger partial charge in [-0.2, -0.15) is 5.26 Å². The van der Waals surface area contributed by atoms with Crippen LogP contribution in [0.3, 0.4) is 0 Å². The van der Waals surface area contributed by atoms with Crippen molar-refractivity contribution in [2.75, 3.05) is 11.1 Å². The molecule has 1 aromatic heterocycles. The van der Waals surface area contributed by atoms with Crippen LogP contribution in [0.25, 0.3) is 0 Å². The standard InChI is InChI=1S/C19H20ClN3OS/c1-10-6-11(2)18(12(3)7-10)23-16(24)9-25-19-15(8-21)13(4)17(20)14(5)22-19/h6-7H,9H2,1-5H3,(H,23,24). The number of rotatable bonds is 4. The van der Waals surface area contributed by atoms with Crippen molar-refractivity contribution in [3.05, 3.63) is 50.7 Å². The molecule has 6 heteroatoms. The van der Waals surface area contributed by atoms with Gasteiger partial charge in [0.15, 0.2) is 0 Å². The molecule has 130 valence electrons. The number of nitrogens with zero attached hydrogens (tertiary/aromatic N) is 2. The molecule has 1 aromatic carbocycles. The highest BCUT2D eigenvalue weighted by atomic mass is 35.5. The van der Waals surface area contributed by atoms with E-state index in [2.05, 4.69) is 16.4 Å². The number of nitriles is 1. The summed E-state index contributed by atoms with van der Waals surface area (Å²) in [6.07, 6.45) is 0. The Morgan fingerprint density at radius 2 is 1.84 bits per heavy atom. The van der Waals surface area contributed by atoms with Gasteiger partial charge < -0.3 is 5.32 Å². The van der Waals surface area contributed by atoms with Crippen LogP contribution in [0, 0.1) is 45.9 Å². The number of hydrogen-bond acceptors (Lipinski definition) is 4. The lowest BCUT2D eigenvalue weighted by molar-refractivity contribution is -0.113.